The second kappa shape index (κ2) is 5.06. The quantitative estimate of drug-likeness (QED) is 0.925. The number of benzene rings is 1. The summed E-state index contributed by atoms with van der Waals surface area (Å²) in [4.78, 5) is 2.16. The van der Waals surface area contributed by atoms with E-state index in [4.69, 9.17) is 10.5 Å². The molecule has 0 spiro atoms. The number of ether oxygens (including phenoxy) is 1. The third-order valence-corrected chi connectivity index (χ3v) is 3.55. The highest BCUT2D eigenvalue weighted by Crippen LogP contribution is 2.31. The number of nitrogens with zero attached hydrogens (tertiary/aromatic N) is 1. The summed E-state index contributed by atoms with van der Waals surface area (Å²) in [7, 11) is 3.70. The summed E-state index contributed by atoms with van der Waals surface area (Å²) >= 11 is 3.48. The summed E-state index contributed by atoms with van der Waals surface area (Å²) in [6, 6.07) is 6.01. The third-order valence-electron chi connectivity index (χ3n) is 2.93. The van der Waals surface area contributed by atoms with Crippen LogP contribution >= 0.6 is 15.9 Å². The molecule has 0 aromatic heterocycles. The van der Waals surface area contributed by atoms with Crippen molar-refractivity contribution in [3.05, 3.63) is 22.7 Å². The number of hydrogen-bond donors (Lipinski definition) is 1. The van der Waals surface area contributed by atoms with Gasteiger partial charge in [0.05, 0.1) is 11.6 Å². The molecule has 0 aliphatic carbocycles. The average molecular weight is 287 g/mol. The largest absolute Gasteiger partial charge is 0.496 e. The van der Waals surface area contributed by atoms with Gasteiger partial charge in [-0.2, -0.15) is 0 Å². The van der Waals surface area contributed by atoms with Crippen LogP contribution in [0.25, 0.3) is 0 Å². The Kier molecular flexibility index (Phi) is 4.21. The maximum Gasteiger partial charge on any atom is 0.133 e. The Morgan fingerprint density at radius 1 is 1.44 bits per heavy atom. The molecule has 0 aliphatic rings. The molecule has 2 N–H and O–H groups in total. The van der Waals surface area contributed by atoms with Crippen LogP contribution in [0.2, 0.25) is 0 Å². The van der Waals surface area contributed by atoms with E-state index in [9.17, 15) is 0 Å². The summed E-state index contributed by atoms with van der Waals surface area (Å²) in [5, 5.41) is 0. The molecule has 0 heterocycles. The predicted molar refractivity (Wildman–Crippen MR) is 72.2 cm³/mol. The lowest BCUT2D eigenvalue weighted by Gasteiger charge is -2.36. The Morgan fingerprint density at radius 2 is 2.06 bits per heavy atom. The van der Waals surface area contributed by atoms with Gasteiger partial charge in [-0.05, 0) is 48.0 Å². The molecule has 0 radical (unpaired) electrons. The molecule has 0 amide bonds. The maximum absolute atomic E-state index is 5.76. The second-order valence-electron chi connectivity index (χ2n) is 4.39. The van der Waals surface area contributed by atoms with Crippen molar-refractivity contribution < 1.29 is 4.74 Å². The Hall–Kier alpha value is -0.740. The molecule has 0 bridgehead atoms. The molecule has 1 aromatic carbocycles. The molecule has 0 atom stereocenters. The van der Waals surface area contributed by atoms with Crippen LogP contribution in [0, 0.1) is 0 Å². The first-order chi connectivity index (χ1) is 7.42. The first-order valence-electron chi connectivity index (χ1n) is 5.20. The maximum atomic E-state index is 5.76. The monoisotopic (exact) mass is 286 g/mol. The molecule has 0 saturated carbocycles. The zero-order valence-corrected chi connectivity index (χ0v) is 11.8. The van der Waals surface area contributed by atoms with Crippen molar-refractivity contribution in [2.45, 2.75) is 19.4 Å². The Balaban J connectivity index is 3.02. The zero-order valence-electron chi connectivity index (χ0n) is 10.2. The van der Waals surface area contributed by atoms with Crippen molar-refractivity contribution in [3.8, 4) is 5.75 Å². The van der Waals surface area contributed by atoms with E-state index >= 15 is 0 Å². The molecule has 16 heavy (non-hydrogen) atoms. The molecule has 0 aliphatic heterocycles. The fourth-order valence-corrected chi connectivity index (χ4v) is 1.88. The first kappa shape index (κ1) is 13.3. The molecule has 4 heteroatoms. The number of nitrogens with two attached hydrogens (primary N) is 1. The Morgan fingerprint density at radius 3 is 2.50 bits per heavy atom. The van der Waals surface area contributed by atoms with Gasteiger partial charge in [-0.15, -0.1) is 0 Å². The molecule has 90 valence electrons. The number of likely N-dealkylation sites (N-methyl/N-ethyl adjacent to an activating group) is 1. The lowest BCUT2D eigenvalue weighted by molar-refractivity contribution is 0.412. The van der Waals surface area contributed by atoms with Gasteiger partial charge >= 0.3 is 0 Å². The Labute approximate surface area is 106 Å². The Bertz CT molecular complexity index is 366. The summed E-state index contributed by atoms with van der Waals surface area (Å²) in [6.07, 6.45) is 0. The minimum atomic E-state index is -0.0615. The zero-order chi connectivity index (χ0) is 12.3. The van der Waals surface area contributed by atoms with Crippen molar-refractivity contribution in [2.24, 2.45) is 5.73 Å². The van der Waals surface area contributed by atoms with Gasteiger partial charge in [0.15, 0.2) is 0 Å². The van der Waals surface area contributed by atoms with E-state index in [1.165, 1.54) is 0 Å². The molecule has 1 aromatic rings. The van der Waals surface area contributed by atoms with Gasteiger partial charge < -0.3 is 15.4 Å². The minimum Gasteiger partial charge on any atom is -0.496 e. The number of rotatable bonds is 4. The normalized spacial score (nSPS) is 11.4. The van der Waals surface area contributed by atoms with E-state index in [0.717, 1.165) is 15.9 Å². The standard InChI is InChI=1S/C12H19BrN2O/c1-12(2,8-14)15(3)9-5-6-11(16-4)10(13)7-9/h5-7H,8,14H2,1-4H3. The van der Waals surface area contributed by atoms with Crippen molar-refractivity contribution in [1.82, 2.24) is 0 Å². The smallest absolute Gasteiger partial charge is 0.133 e. The topological polar surface area (TPSA) is 38.5 Å². The number of methoxy groups -OCH3 is 1. The number of halogens is 1. The predicted octanol–water partition coefficient (Wildman–Crippen LogP) is 2.63. The van der Waals surface area contributed by atoms with Crippen LogP contribution < -0.4 is 15.4 Å². The third kappa shape index (κ3) is 2.68. The van der Waals surface area contributed by atoms with E-state index in [-0.39, 0.29) is 5.54 Å². The average Bonchev–Trinajstić information content (AvgIpc) is 2.27. The highest BCUT2D eigenvalue weighted by Gasteiger charge is 2.22. The fraction of sp³-hybridized carbons (Fsp3) is 0.500. The van der Waals surface area contributed by atoms with Gasteiger partial charge in [-0.1, -0.05) is 0 Å². The summed E-state index contributed by atoms with van der Waals surface area (Å²) in [5.41, 5.74) is 6.81. The van der Waals surface area contributed by atoms with Crippen LogP contribution in [0.4, 0.5) is 5.69 Å². The highest BCUT2D eigenvalue weighted by atomic mass is 79.9. The van der Waals surface area contributed by atoms with Gasteiger partial charge in [-0.25, -0.2) is 0 Å². The van der Waals surface area contributed by atoms with E-state index in [2.05, 4.69) is 34.7 Å². The lowest BCUT2D eigenvalue weighted by Crippen LogP contribution is -2.47. The van der Waals surface area contributed by atoms with Gasteiger partial charge in [-0.3, -0.25) is 0 Å². The van der Waals surface area contributed by atoms with Crippen molar-refractivity contribution >= 4 is 21.6 Å². The van der Waals surface area contributed by atoms with Crippen LogP contribution in [0.1, 0.15) is 13.8 Å². The molecule has 0 saturated heterocycles. The molecular weight excluding hydrogens is 268 g/mol. The van der Waals surface area contributed by atoms with E-state index in [1.54, 1.807) is 7.11 Å². The molecule has 3 nitrogen and oxygen atoms in total. The summed E-state index contributed by atoms with van der Waals surface area (Å²) < 4.78 is 6.15. The van der Waals surface area contributed by atoms with Crippen LogP contribution in [-0.2, 0) is 0 Å². The first-order valence-corrected chi connectivity index (χ1v) is 5.99. The second-order valence-corrected chi connectivity index (χ2v) is 5.25. The molecule has 0 unspecified atom stereocenters. The molecule has 0 fully saturated rings. The van der Waals surface area contributed by atoms with Crippen LogP contribution in [0.15, 0.2) is 22.7 Å². The van der Waals surface area contributed by atoms with Gasteiger partial charge in [0.1, 0.15) is 5.75 Å². The van der Waals surface area contributed by atoms with E-state index in [0.29, 0.717) is 6.54 Å². The highest BCUT2D eigenvalue weighted by molar-refractivity contribution is 9.10. The summed E-state index contributed by atoms with van der Waals surface area (Å²) in [5.74, 6) is 0.836. The number of anilines is 1. The molecular formula is C12H19BrN2O. The SMILES string of the molecule is COc1ccc(N(C)C(C)(C)CN)cc1Br. The molecule has 1 rings (SSSR count). The van der Waals surface area contributed by atoms with Gasteiger partial charge in [0.2, 0.25) is 0 Å². The lowest BCUT2D eigenvalue weighted by atomic mass is 10.0. The minimum absolute atomic E-state index is 0.0615. The van der Waals surface area contributed by atoms with Gasteiger partial charge in [0.25, 0.3) is 0 Å². The van der Waals surface area contributed by atoms with Crippen LogP contribution in [0.3, 0.4) is 0 Å². The number of hydrogen-bond acceptors (Lipinski definition) is 3. The fourth-order valence-electron chi connectivity index (χ4n) is 1.35. The van der Waals surface area contributed by atoms with Gasteiger partial charge in [0, 0.05) is 24.8 Å². The van der Waals surface area contributed by atoms with Crippen molar-refractivity contribution in [2.75, 3.05) is 25.6 Å². The van der Waals surface area contributed by atoms with Crippen molar-refractivity contribution in [3.63, 3.8) is 0 Å². The van der Waals surface area contributed by atoms with E-state index in [1.807, 2.05) is 25.2 Å². The van der Waals surface area contributed by atoms with Crippen LogP contribution in [0.5, 0.6) is 5.75 Å². The van der Waals surface area contributed by atoms with Crippen molar-refractivity contribution in [1.29, 1.82) is 0 Å². The summed E-state index contributed by atoms with van der Waals surface area (Å²) in [6.45, 7) is 4.84. The van der Waals surface area contributed by atoms with Crippen LogP contribution in [-0.4, -0.2) is 26.2 Å². The van der Waals surface area contributed by atoms with E-state index < -0.39 is 0 Å².